The maximum absolute atomic E-state index is 12.5. The topological polar surface area (TPSA) is 52.6 Å². The van der Waals surface area contributed by atoms with Crippen LogP contribution in [0.1, 0.15) is 51.4 Å². The molecule has 0 bridgehead atoms. The van der Waals surface area contributed by atoms with Gasteiger partial charge < -0.3 is 10.2 Å². The van der Waals surface area contributed by atoms with Crippen LogP contribution in [0.5, 0.6) is 0 Å². The molecule has 2 fully saturated rings. The average molecular weight is 348 g/mol. The van der Waals surface area contributed by atoms with E-state index in [0.717, 1.165) is 51.7 Å². The third-order valence-electron chi connectivity index (χ3n) is 6.17. The molecule has 140 valence electrons. The van der Waals surface area contributed by atoms with Crippen molar-refractivity contribution in [3.8, 4) is 0 Å². The second-order valence-corrected chi connectivity index (χ2v) is 8.05. The predicted molar refractivity (Wildman–Crippen MR) is 99.1 cm³/mol. The van der Waals surface area contributed by atoms with Crippen molar-refractivity contribution in [3.63, 3.8) is 0 Å². The van der Waals surface area contributed by atoms with E-state index >= 15 is 0 Å². The summed E-state index contributed by atoms with van der Waals surface area (Å²) >= 11 is 0. The van der Waals surface area contributed by atoms with Crippen molar-refractivity contribution in [1.82, 2.24) is 15.1 Å². The monoisotopic (exact) mass is 347 g/mol. The van der Waals surface area contributed by atoms with Crippen LogP contribution in [0.4, 0.5) is 0 Å². The smallest absolute Gasteiger partial charge is 0.234 e. The van der Waals surface area contributed by atoms with Crippen LogP contribution in [-0.4, -0.2) is 60.9 Å². The minimum absolute atomic E-state index is 0.127. The van der Waals surface area contributed by atoms with Crippen molar-refractivity contribution < 1.29 is 9.59 Å². The first-order valence-electron chi connectivity index (χ1n) is 10.0. The van der Waals surface area contributed by atoms with Gasteiger partial charge in [0.15, 0.2) is 0 Å². The fraction of sp³-hybridized carbons (Fsp3) is 0.800. The largest absolute Gasteiger partial charge is 0.352 e. The molecule has 5 heteroatoms. The molecular formula is C20H33N3O2. The highest BCUT2D eigenvalue weighted by molar-refractivity contribution is 5.80. The summed E-state index contributed by atoms with van der Waals surface area (Å²) in [6.07, 6.45) is 13.3. The summed E-state index contributed by atoms with van der Waals surface area (Å²) in [6.45, 7) is 3.11. The van der Waals surface area contributed by atoms with Crippen molar-refractivity contribution >= 4 is 11.8 Å². The third-order valence-corrected chi connectivity index (χ3v) is 6.17. The molecule has 3 rings (SSSR count). The zero-order valence-electron chi connectivity index (χ0n) is 15.6. The standard InChI is InChI=1S/C20H33N3O2/c1-22-12-6-5-9-18(20(22)25)16-10-13-23(14-11-16)15-19(24)21-17-7-3-2-4-8-17/h5-6,16-18H,2-4,7-15H2,1H3,(H,21,24). The lowest BCUT2D eigenvalue weighted by Crippen LogP contribution is -2.46. The van der Waals surface area contributed by atoms with Gasteiger partial charge in [0, 0.05) is 25.6 Å². The molecule has 5 nitrogen and oxygen atoms in total. The molecule has 1 N–H and O–H groups in total. The Balaban J connectivity index is 1.42. The zero-order chi connectivity index (χ0) is 17.6. The number of hydrogen-bond donors (Lipinski definition) is 1. The van der Waals surface area contributed by atoms with E-state index in [2.05, 4.69) is 22.4 Å². The molecule has 2 aliphatic heterocycles. The zero-order valence-corrected chi connectivity index (χ0v) is 15.6. The maximum Gasteiger partial charge on any atom is 0.234 e. The minimum atomic E-state index is 0.127. The van der Waals surface area contributed by atoms with Crippen LogP contribution >= 0.6 is 0 Å². The van der Waals surface area contributed by atoms with Gasteiger partial charge in [0.2, 0.25) is 11.8 Å². The summed E-state index contributed by atoms with van der Waals surface area (Å²) in [4.78, 5) is 28.9. The number of carbonyl (C=O) groups is 2. The summed E-state index contributed by atoms with van der Waals surface area (Å²) < 4.78 is 0. The van der Waals surface area contributed by atoms with E-state index in [-0.39, 0.29) is 11.8 Å². The lowest BCUT2D eigenvalue weighted by Gasteiger charge is -2.36. The van der Waals surface area contributed by atoms with Crippen LogP contribution in [0.2, 0.25) is 0 Å². The highest BCUT2D eigenvalue weighted by atomic mass is 16.2. The molecule has 0 aromatic carbocycles. The quantitative estimate of drug-likeness (QED) is 0.793. The number of allylic oxidation sites excluding steroid dienone is 1. The summed E-state index contributed by atoms with van der Waals surface area (Å²) in [7, 11) is 1.90. The van der Waals surface area contributed by atoms with Crippen LogP contribution in [0.25, 0.3) is 0 Å². The van der Waals surface area contributed by atoms with Gasteiger partial charge in [-0.25, -0.2) is 0 Å². The number of amides is 2. The second kappa shape index (κ2) is 8.84. The summed E-state index contributed by atoms with van der Waals surface area (Å²) in [5.74, 6) is 1.05. The Morgan fingerprint density at radius 1 is 1.12 bits per heavy atom. The van der Waals surface area contributed by atoms with Gasteiger partial charge >= 0.3 is 0 Å². The van der Waals surface area contributed by atoms with Crippen LogP contribution < -0.4 is 5.32 Å². The Morgan fingerprint density at radius 2 is 1.84 bits per heavy atom. The summed E-state index contributed by atoms with van der Waals surface area (Å²) in [5.41, 5.74) is 0. The van der Waals surface area contributed by atoms with E-state index in [4.69, 9.17) is 0 Å². The number of piperidine rings is 1. The number of carbonyl (C=O) groups excluding carboxylic acids is 2. The van der Waals surface area contributed by atoms with Crippen molar-refractivity contribution in [2.75, 3.05) is 33.2 Å². The molecule has 25 heavy (non-hydrogen) atoms. The second-order valence-electron chi connectivity index (χ2n) is 8.05. The molecule has 3 aliphatic rings. The Hall–Kier alpha value is -1.36. The number of likely N-dealkylation sites (tertiary alicyclic amines) is 1. The molecule has 1 saturated heterocycles. The van der Waals surface area contributed by atoms with Gasteiger partial charge in [0.05, 0.1) is 6.54 Å². The van der Waals surface area contributed by atoms with Crippen LogP contribution in [-0.2, 0) is 9.59 Å². The molecule has 1 unspecified atom stereocenters. The van der Waals surface area contributed by atoms with Crippen molar-refractivity contribution in [3.05, 3.63) is 12.2 Å². The third kappa shape index (κ3) is 5.06. The van der Waals surface area contributed by atoms with Crippen LogP contribution in [0.15, 0.2) is 12.2 Å². The molecule has 0 radical (unpaired) electrons. The first kappa shape index (κ1) is 18.4. The molecule has 0 spiro atoms. The van der Waals surface area contributed by atoms with Crippen LogP contribution in [0.3, 0.4) is 0 Å². The van der Waals surface area contributed by atoms with Gasteiger partial charge in [-0.05, 0) is 51.1 Å². The highest BCUT2D eigenvalue weighted by Crippen LogP contribution is 2.30. The van der Waals surface area contributed by atoms with E-state index in [0.29, 0.717) is 24.4 Å². The van der Waals surface area contributed by atoms with E-state index in [1.54, 1.807) is 0 Å². The minimum Gasteiger partial charge on any atom is -0.352 e. The molecule has 0 aromatic heterocycles. The van der Waals surface area contributed by atoms with Gasteiger partial charge in [-0.15, -0.1) is 0 Å². The van der Waals surface area contributed by atoms with Gasteiger partial charge in [-0.2, -0.15) is 0 Å². The van der Waals surface area contributed by atoms with Crippen molar-refractivity contribution in [1.29, 1.82) is 0 Å². The number of nitrogens with zero attached hydrogens (tertiary/aromatic N) is 2. The first-order chi connectivity index (χ1) is 12.1. The highest BCUT2D eigenvalue weighted by Gasteiger charge is 2.33. The van der Waals surface area contributed by atoms with Crippen molar-refractivity contribution in [2.45, 2.75) is 57.4 Å². The number of hydrogen-bond acceptors (Lipinski definition) is 3. The SMILES string of the molecule is CN1CC=CCC(C2CCN(CC(=O)NC3CCCCC3)CC2)C1=O. The molecule has 0 aromatic rings. The predicted octanol–water partition coefficient (Wildman–Crippen LogP) is 2.18. The molecule has 1 aliphatic carbocycles. The van der Waals surface area contributed by atoms with Gasteiger partial charge in [-0.1, -0.05) is 31.4 Å². The fourth-order valence-corrected chi connectivity index (χ4v) is 4.58. The van der Waals surface area contributed by atoms with Crippen LogP contribution in [0, 0.1) is 11.8 Å². The van der Waals surface area contributed by atoms with E-state index < -0.39 is 0 Å². The van der Waals surface area contributed by atoms with Crippen molar-refractivity contribution in [2.24, 2.45) is 11.8 Å². The lowest BCUT2D eigenvalue weighted by molar-refractivity contribution is -0.136. The Kier molecular flexibility index (Phi) is 6.51. The Labute approximate surface area is 151 Å². The Bertz CT molecular complexity index is 491. The molecule has 1 atom stereocenters. The molecular weight excluding hydrogens is 314 g/mol. The maximum atomic E-state index is 12.5. The fourth-order valence-electron chi connectivity index (χ4n) is 4.58. The molecule has 1 saturated carbocycles. The average Bonchev–Trinajstić information content (AvgIpc) is 2.78. The molecule has 2 amide bonds. The Morgan fingerprint density at radius 3 is 2.56 bits per heavy atom. The number of likely N-dealkylation sites (N-methyl/N-ethyl adjacent to an activating group) is 1. The van der Waals surface area contributed by atoms with E-state index in [1.165, 1.54) is 19.3 Å². The summed E-state index contributed by atoms with van der Waals surface area (Å²) in [5, 5.41) is 3.21. The number of rotatable bonds is 4. The van der Waals surface area contributed by atoms with E-state index in [9.17, 15) is 9.59 Å². The van der Waals surface area contributed by atoms with Gasteiger partial charge in [0.1, 0.15) is 0 Å². The summed E-state index contributed by atoms with van der Waals surface area (Å²) in [6, 6.07) is 0.393. The first-order valence-corrected chi connectivity index (χ1v) is 10.0. The normalized spacial score (nSPS) is 27.3. The molecule has 2 heterocycles. The van der Waals surface area contributed by atoms with Gasteiger partial charge in [0.25, 0.3) is 0 Å². The van der Waals surface area contributed by atoms with E-state index in [1.807, 2.05) is 11.9 Å². The van der Waals surface area contributed by atoms with Gasteiger partial charge in [-0.3, -0.25) is 14.5 Å². The lowest BCUT2D eigenvalue weighted by atomic mass is 9.81. The number of nitrogens with one attached hydrogen (secondary N) is 1.